The highest BCUT2D eigenvalue weighted by Crippen LogP contribution is 2.28. The van der Waals surface area contributed by atoms with E-state index in [1.165, 1.54) is 24.1 Å². The number of nitrogens with zero attached hydrogens (tertiary/aromatic N) is 2. The number of hydrogen-bond donors (Lipinski definition) is 1. The fraction of sp³-hybridized carbons (Fsp3) is 0.333. The highest BCUT2D eigenvalue weighted by Gasteiger charge is 2.34. The van der Waals surface area contributed by atoms with Crippen LogP contribution in [0.3, 0.4) is 0 Å². The summed E-state index contributed by atoms with van der Waals surface area (Å²) < 4.78 is 34.0. The van der Waals surface area contributed by atoms with E-state index < -0.39 is 34.1 Å². The molecule has 8 nitrogen and oxygen atoms in total. The van der Waals surface area contributed by atoms with E-state index in [4.69, 9.17) is 27.9 Å². The molecule has 0 saturated heterocycles. The Hall–Kier alpha value is -3.27. The van der Waals surface area contributed by atoms with Gasteiger partial charge >= 0.3 is 0 Å². The number of amides is 2. The quantitative estimate of drug-likeness (QED) is 0.287. The molecule has 0 heterocycles. The lowest BCUT2D eigenvalue weighted by atomic mass is 10.1. The number of methoxy groups -OCH3 is 1. The minimum atomic E-state index is -4.16. The first kappa shape index (κ1) is 32.2. The molecule has 1 N–H and O–H groups in total. The lowest BCUT2D eigenvalue weighted by molar-refractivity contribution is -0.141. The Morgan fingerprint density at radius 2 is 1.59 bits per heavy atom. The molecule has 2 amide bonds. The second-order valence-corrected chi connectivity index (χ2v) is 13.1. The SMILES string of the molecule is CC[C@@H](C(=O)NC(C)(C)C)N(Cc1ccc(Cl)c(Cl)c1)C(=O)CN(c1ccc(OC)cc1)S(=O)(=O)c1ccccc1. The second-order valence-electron chi connectivity index (χ2n) is 10.5. The summed E-state index contributed by atoms with van der Waals surface area (Å²) in [6.07, 6.45) is 0.295. The summed E-state index contributed by atoms with van der Waals surface area (Å²) in [4.78, 5) is 28.9. The summed E-state index contributed by atoms with van der Waals surface area (Å²) in [5.74, 6) is -0.388. The topological polar surface area (TPSA) is 96.0 Å². The molecule has 41 heavy (non-hydrogen) atoms. The van der Waals surface area contributed by atoms with Gasteiger partial charge < -0.3 is 15.0 Å². The van der Waals surface area contributed by atoms with E-state index in [2.05, 4.69) is 5.32 Å². The normalized spacial score (nSPS) is 12.4. The van der Waals surface area contributed by atoms with Gasteiger partial charge in [0.1, 0.15) is 18.3 Å². The molecule has 0 bridgehead atoms. The molecular formula is C30H35Cl2N3O5S. The molecule has 220 valence electrons. The number of carbonyl (C=O) groups is 2. The number of halogens is 2. The van der Waals surface area contributed by atoms with E-state index in [1.54, 1.807) is 67.6 Å². The van der Waals surface area contributed by atoms with Crippen molar-refractivity contribution in [2.24, 2.45) is 0 Å². The number of anilines is 1. The van der Waals surface area contributed by atoms with E-state index in [9.17, 15) is 18.0 Å². The predicted octanol–water partition coefficient (Wildman–Crippen LogP) is 5.92. The number of sulfonamides is 1. The maximum atomic E-state index is 14.1. The van der Waals surface area contributed by atoms with Gasteiger partial charge in [-0.05, 0) is 81.3 Å². The average molecular weight is 621 g/mol. The van der Waals surface area contributed by atoms with Crippen LogP contribution in [0.15, 0.2) is 77.7 Å². The number of hydrogen-bond acceptors (Lipinski definition) is 5. The Morgan fingerprint density at radius 3 is 2.12 bits per heavy atom. The van der Waals surface area contributed by atoms with Crippen LogP contribution in [0.1, 0.15) is 39.7 Å². The van der Waals surface area contributed by atoms with Crippen molar-refractivity contribution in [3.8, 4) is 5.75 Å². The first-order chi connectivity index (χ1) is 19.3. The molecule has 0 aliphatic carbocycles. The fourth-order valence-corrected chi connectivity index (χ4v) is 5.96. The molecule has 0 spiro atoms. The van der Waals surface area contributed by atoms with Gasteiger partial charge in [-0.1, -0.05) is 54.4 Å². The van der Waals surface area contributed by atoms with E-state index in [0.717, 1.165) is 4.31 Å². The van der Waals surface area contributed by atoms with Crippen molar-refractivity contribution in [3.05, 3.63) is 88.4 Å². The zero-order valence-corrected chi connectivity index (χ0v) is 26.1. The molecule has 0 fully saturated rings. The van der Waals surface area contributed by atoms with E-state index in [-0.39, 0.29) is 23.0 Å². The summed E-state index contributed by atoms with van der Waals surface area (Å²) in [6, 6.07) is 18.3. The number of benzene rings is 3. The lowest BCUT2D eigenvalue weighted by Gasteiger charge is -2.34. The van der Waals surface area contributed by atoms with Crippen LogP contribution < -0.4 is 14.4 Å². The summed E-state index contributed by atoms with van der Waals surface area (Å²) in [7, 11) is -2.66. The first-order valence-electron chi connectivity index (χ1n) is 13.0. The molecule has 3 aromatic rings. The van der Waals surface area contributed by atoms with E-state index >= 15 is 0 Å². The maximum absolute atomic E-state index is 14.1. The second kappa shape index (κ2) is 13.6. The van der Waals surface area contributed by atoms with E-state index in [0.29, 0.717) is 27.8 Å². The Balaban J connectivity index is 2.08. The Bertz CT molecular complexity index is 1460. The molecule has 1 atom stereocenters. The largest absolute Gasteiger partial charge is 0.497 e. The predicted molar refractivity (Wildman–Crippen MR) is 163 cm³/mol. The molecule has 11 heteroatoms. The zero-order valence-electron chi connectivity index (χ0n) is 23.7. The standard InChI is InChI=1S/C30H35Cl2N3O5S/c1-6-27(29(37)33-30(2,3)4)34(19-21-12-17-25(31)26(32)18-21)28(36)20-35(22-13-15-23(40-5)16-14-22)41(38,39)24-10-8-7-9-11-24/h7-18,27H,6,19-20H2,1-5H3,(H,33,37)/t27-/m0/s1. The van der Waals surface area contributed by atoms with Crippen LogP contribution in [0.25, 0.3) is 0 Å². The Morgan fingerprint density at radius 1 is 0.951 bits per heavy atom. The van der Waals surface area contributed by atoms with E-state index in [1.807, 2.05) is 20.8 Å². The van der Waals surface area contributed by atoms with Crippen molar-refractivity contribution in [3.63, 3.8) is 0 Å². The van der Waals surface area contributed by atoms with Gasteiger partial charge in [-0.25, -0.2) is 8.42 Å². The number of ether oxygens (including phenoxy) is 1. The van der Waals surface area contributed by atoms with Crippen molar-refractivity contribution < 1.29 is 22.7 Å². The van der Waals surface area contributed by atoms with Gasteiger partial charge in [0.15, 0.2) is 0 Å². The number of carbonyl (C=O) groups excluding carboxylic acids is 2. The van der Waals surface area contributed by atoms with Gasteiger partial charge in [-0.3, -0.25) is 13.9 Å². The van der Waals surface area contributed by atoms with Crippen LogP contribution in [0.4, 0.5) is 5.69 Å². The number of nitrogens with one attached hydrogen (secondary N) is 1. The smallest absolute Gasteiger partial charge is 0.264 e. The van der Waals surface area contributed by atoms with Crippen molar-refractivity contribution >= 4 is 50.7 Å². The van der Waals surface area contributed by atoms with Gasteiger partial charge in [0.2, 0.25) is 11.8 Å². The Kier molecular flexibility index (Phi) is 10.7. The first-order valence-corrected chi connectivity index (χ1v) is 15.2. The van der Waals surface area contributed by atoms with Gasteiger partial charge in [-0.2, -0.15) is 0 Å². The summed E-state index contributed by atoms with van der Waals surface area (Å²) in [6.45, 7) is 6.80. The maximum Gasteiger partial charge on any atom is 0.264 e. The van der Waals surface area contributed by atoms with Gasteiger partial charge in [-0.15, -0.1) is 0 Å². The molecule has 3 rings (SSSR count). The molecule has 0 aliphatic rings. The van der Waals surface area contributed by atoms with Gasteiger partial charge in [0.25, 0.3) is 10.0 Å². The molecule has 0 radical (unpaired) electrons. The summed E-state index contributed by atoms with van der Waals surface area (Å²) >= 11 is 12.3. The molecular weight excluding hydrogens is 585 g/mol. The van der Waals surface area contributed by atoms with Gasteiger partial charge in [0.05, 0.1) is 27.7 Å². The minimum absolute atomic E-state index is 0.00757. The Labute approximate surface area is 252 Å². The van der Waals surface area contributed by atoms with Crippen LogP contribution in [0.5, 0.6) is 5.75 Å². The zero-order chi connectivity index (χ0) is 30.4. The third-order valence-electron chi connectivity index (χ3n) is 6.19. The lowest BCUT2D eigenvalue weighted by Crippen LogP contribution is -2.55. The number of rotatable bonds is 11. The minimum Gasteiger partial charge on any atom is -0.497 e. The summed E-state index contributed by atoms with van der Waals surface area (Å²) in [5, 5.41) is 3.59. The van der Waals surface area contributed by atoms with Crippen LogP contribution in [-0.2, 0) is 26.2 Å². The highest BCUT2D eigenvalue weighted by atomic mass is 35.5. The molecule has 0 aliphatic heterocycles. The molecule has 3 aromatic carbocycles. The van der Waals surface area contributed by atoms with Crippen LogP contribution >= 0.6 is 23.2 Å². The van der Waals surface area contributed by atoms with Crippen molar-refractivity contribution in [1.29, 1.82) is 0 Å². The third kappa shape index (κ3) is 8.38. The third-order valence-corrected chi connectivity index (χ3v) is 8.72. The summed E-state index contributed by atoms with van der Waals surface area (Å²) in [5.41, 5.74) is 0.357. The van der Waals surface area contributed by atoms with Crippen LogP contribution in [0, 0.1) is 0 Å². The average Bonchev–Trinajstić information content (AvgIpc) is 2.93. The monoisotopic (exact) mass is 619 g/mol. The van der Waals surface area contributed by atoms with Gasteiger partial charge in [0, 0.05) is 12.1 Å². The fourth-order valence-electron chi connectivity index (χ4n) is 4.20. The van der Waals surface area contributed by atoms with Crippen molar-refractivity contribution in [2.75, 3.05) is 18.0 Å². The van der Waals surface area contributed by atoms with Crippen molar-refractivity contribution in [1.82, 2.24) is 10.2 Å². The van der Waals surface area contributed by atoms with Crippen LogP contribution in [-0.4, -0.2) is 50.4 Å². The highest BCUT2D eigenvalue weighted by molar-refractivity contribution is 7.92. The van der Waals surface area contributed by atoms with Crippen LogP contribution in [0.2, 0.25) is 10.0 Å². The van der Waals surface area contributed by atoms with Crippen molar-refractivity contribution in [2.45, 2.75) is 57.1 Å². The molecule has 0 aromatic heterocycles. The molecule has 0 unspecified atom stereocenters. The molecule has 0 saturated carbocycles.